The number of hydrogen-bond acceptors (Lipinski definition) is 5. The molecule has 0 spiro atoms. The number of fused-ring (bicyclic) bond motifs is 1. The van der Waals surface area contributed by atoms with E-state index in [0.29, 0.717) is 24.2 Å². The summed E-state index contributed by atoms with van der Waals surface area (Å²) in [5, 5.41) is 0. The van der Waals surface area contributed by atoms with Crippen molar-refractivity contribution >= 4 is 27.6 Å². The second-order valence-corrected chi connectivity index (χ2v) is 7.91. The van der Waals surface area contributed by atoms with E-state index in [0.717, 1.165) is 5.56 Å². The third-order valence-corrected chi connectivity index (χ3v) is 5.90. The Bertz CT molecular complexity index is 973. The number of benzene rings is 2. The molecule has 1 heterocycles. The molecule has 1 N–H and O–H groups in total. The minimum absolute atomic E-state index is 0.0384. The summed E-state index contributed by atoms with van der Waals surface area (Å²) in [6.07, 6.45) is 0.581. The van der Waals surface area contributed by atoms with Crippen LogP contribution in [0.4, 0.5) is 5.69 Å². The highest BCUT2D eigenvalue weighted by atomic mass is 32.2. The number of amides is 1. The molecule has 1 atom stereocenters. The molecule has 0 bridgehead atoms. The molecule has 7 nitrogen and oxygen atoms in total. The summed E-state index contributed by atoms with van der Waals surface area (Å²) in [5.41, 5.74) is 1.98. The topological polar surface area (TPSA) is 92.8 Å². The van der Waals surface area contributed by atoms with Crippen LogP contribution in [0.3, 0.4) is 0 Å². The average Bonchev–Trinajstić information content (AvgIpc) is 3.10. The molecule has 1 aliphatic rings. The van der Waals surface area contributed by atoms with Crippen LogP contribution in [0, 0.1) is 0 Å². The third kappa shape index (κ3) is 3.86. The minimum Gasteiger partial charge on any atom is -0.468 e. The molecular weight excluding hydrogens is 368 g/mol. The van der Waals surface area contributed by atoms with Crippen LogP contribution in [-0.4, -0.2) is 33.9 Å². The molecule has 0 aliphatic carbocycles. The number of nitrogens with zero attached hydrogens (tertiary/aromatic N) is 1. The third-order valence-electron chi connectivity index (χ3n) is 4.48. The van der Waals surface area contributed by atoms with Gasteiger partial charge in [-0.15, -0.1) is 0 Å². The molecule has 2 aromatic carbocycles. The zero-order chi connectivity index (χ0) is 19.6. The molecule has 0 saturated carbocycles. The highest BCUT2D eigenvalue weighted by molar-refractivity contribution is 7.89. The fourth-order valence-corrected chi connectivity index (χ4v) is 4.33. The van der Waals surface area contributed by atoms with Crippen molar-refractivity contribution in [1.29, 1.82) is 0 Å². The zero-order valence-corrected chi connectivity index (χ0v) is 15.8. The first-order valence-corrected chi connectivity index (χ1v) is 9.88. The summed E-state index contributed by atoms with van der Waals surface area (Å²) in [6, 6.07) is 11.9. The zero-order valence-electron chi connectivity index (χ0n) is 15.0. The lowest BCUT2D eigenvalue weighted by Crippen LogP contribution is -2.34. The van der Waals surface area contributed by atoms with E-state index < -0.39 is 22.0 Å². The van der Waals surface area contributed by atoms with Crippen molar-refractivity contribution in [3.63, 3.8) is 0 Å². The van der Waals surface area contributed by atoms with Crippen LogP contribution in [-0.2, 0) is 30.8 Å². The maximum Gasteiger partial charge on any atom is 0.328 e. The fraction of sp³-hybridized carbons (Fsp3) is 0.263. The Balaban J connectivity index is 1.92. The standard InChI is InChI=1S/C19H20N2O5S/c1-13(22)21-11-10-15-12-16(8-9-17(15)21)27(24,25)20-18(19(23)26-2)14-6-4-3-5-7-14/h3-9,12,18,20H,10-11H2,1-2H3. The number of esters is 1. The van der Waals surface area contributed by atoms with E-state index in [-0.39, 0.29) is 10.8 Å². The highest BCUT2D eigenvalue weighted by Crippen LogP contribution is 2.30. The van der Waals surface area contributed by atoms with E-state index in [9.17, 15) is 18.0 Å². The predicted molar refractivity (Wildman–Crippen MR) is 99.7 cm³/mol. The summed E-state index contributed by atoms with van der Waals surface area (Å²) in [5.74, 6) is -0.786. The molecule has 27 heavy (non-hydrogen) atoms. The first-order valence-electron chi connectivity index (χ1n) is 8.39. The van der Waals surface area contributed by atoms with Gasteiger partial charge in [0.1, 0.15) is 6.04 Å². The Labute approximate surface area is 158 Å². The Morgan fingerprint density at radius 1 is 1.15 bits per heavy atom. The molecule has 0 radical (unpaired) electrons. The molecule has 1 aliphatic heterocycles. The summed E-state index contributed by atoms with van der Waals surface area (Å²) in [4.78, 5) is 25.4. The summed E-state index contributed by atoms with van der Waals surface area (Å²) < 4.78 is 32.9. The molecule has 0 aromatic heterocycles. The normalized spacial score (nSPS) is 14.5. The lowest BCUT2D eigenvalue weighted by atomic mass is 10.1. The summed E-state index contributed by atoms with van der Waals surface area (Å²) in [6.45, 7) is 2.00. The number of nitrogens with one attached hydrogen (secondary N) is 1. The smallest absolute Gasteiger partial charge is 0.328 e. The number of anilines is 1. The van der Waals surface area contributed by atoms with Gasteiger partial charge in [-0.2, -0.15) is 4.72 Å². The van der Waals surface area contributed by atoms with Crippen molar-refractivity contribution < 1.29 is 22.7 Å². The molecule has 0 fully saturated rings. The van der Waals surface area contributed by atoms with Crippen LogP contribution < -0.4 is 9.62 Å². The number of rotatable bonds is 5. The molecule has 1 amide bonds. The fourth-order valence-electron chi connectivity index (χ4n) is 3.11. The van der Waals surface area contributed by atoms with Gasteiger partial charge in [0.2, 0.25) is 15.9 Å². The molecule has 0 saturated heterocycles. The summed E-state index contributed by atoms with van der Waals surface area (Å²) >= 11 is 0. The first kappa shape index (κ1) is 19.1. The van der Waals surface area contributed by atoms with Gasteiger partial charge in [0.15, 0.2) is 0 Å². The van der Waals surface area contributed by atoms with Gasteiger partial charge < -0.3 is 9.64 Å². The lowest BCUT2D eigenvalue weighted by Gasteiger charge is -2.18. The lowest BCUT2D eigenvalue weighted by molar-refractivity contribution is -0.142. The minimum atomic E-state index is -3.98. The molecule has 1 unspecified atom stereocenters. The number of hydrogen-bond donors (Lipinski definition) is 1. The van der Waals surface area contributed by atoms with Gasteiger partial charge in [0.25, 0.3) is 0 Å². The van der Waals surface area contributed by atoms with Crippen LogP contribution in [0.5, 0.6) is 0 Å². The predicted octanol–water partition coefficient (Wildman–Crippen LogP) is 1.79. The number of methoxy groups -OCH3 is 1. The molecule has 3 rings (SSSR count). The Morgan fingerprint density at radius 2 is 1.85 bits per heavy atom. The Hall–Kier alpha value is -2.71. The molecule has 2 aromatic rings. The van der Waals surface area contributed by atoms with Gasteiger partial charge in [-0.1, -0.05) is 30.3 Å². The van der Waals surface area contributed by atoms with Crippen LogP contribution in [0.2, 0.25) is 0 Å². The van der Waals surface area contributed by atoms with Crippen molar-refractivity contribution in [3.8, 4) is 0 Å². The largest absolute Gasteiger partial charge is 0.468 e. The Kier molecular flexibility index (Phi) is 5.29. The highest BCUT2D eigenvalue weighted by Gasteiger charge is 2.30. The number of ether oxygens (including phenoxy) is 1. The summed E-state index contributed by atoms with van der Waals surface area (Å²) in [7, 11) is -2.77. The van der Waals surface area contributed by atoms with Gasteiger partial charge in [0, 0.05) is 19.2 Å². The van der Waals surface area contributed by atoms with Gasteiger partial charge in [-0.25, -0.2) is 13.2 Å². The maximum absolute atomic E-state index is 12.9. The Morgan fingerprint density at radius 3 is 2.48 bits per heavy atom. The van der Waals surface area contributed by atoms with E-state index >= 15 is 0 Å². The van der Waals surface area contributed by atoms with Gasteiger partial charge in [-0.05, 0) is 35.7 Å². The van der Waals surface area contributed by atoms with Crippen molar-refractivity contribution in [3.05, 3.63) is 59.7 Å². The van der Waals surface area contributed by atoms with E-state index in [1.54, 1.807) is 47.4 Å². The van der Waals surface area contributed by atoms with Gasteiger partial charge >= 0.3 is 5.97 Å². The molecular formula is C19H20N2O5S. The van der Waals surface area contributed by atoms with Crippen LogP contribution in [0.1, 0.15) is 24.1 Å². The quantitative estimate of drug-likeness (QED) is 0.789. The van der Waals surface area contributed by atoms with Crippen molar-refractivity contribution in [1.82, 2.24) is 4.72 Å². The van der Waals surface area contributed by atoms with Crippen molar-refractivity contribution in [2.24, 2.45) is 0 Å². The average molecular weight is 388 g/mol. The second kappa shape index (κ2) is 7.50. The van der Waals surface area contributed by atoms with Gasteiger partial charge in [-0.3, -0.25) is 4.79 Å². The van der Waals surface area contributed by atoms with Crippen molar-refractivity contribution in [2.75, 3.05) is 18.6 Å². The molecule has 8 heteroatoms. The van der Waals surface area contributed by atoms with Crippen molar-refractivity contribution in [2.45, 2.75) is 24.3 Å². The van der Waals surface area contributed by atoms with E-state index in [2.05, 4.69) is 4.72 Å². The van der Waals surface area contributed by atoms with E-state index in [1.807, 2.05) is 0 Å². The van der Waals surface area contributed by atoms with E-state index in [1.165, 1.54) is 20.1 Å². The number of sulfonamides is 1. The van der Waals surface area contributed by atoms with Crippen LogP contribution in [0.15, 0.2) is 53.4 Å². The maximum atomic E-state index is 12.9. The monoisotopic (exact) mass is 388 g/mol. The van der Waals surface area contributed by atoms with Gasteiger partial charge in [0.05, 0.1) is 12.0 Å². The number of carbonyl (C=O) groups excluding carboxylic acids is 2. The van der Waals surface area contributed by atoms with E-state index in [4.69, 9.17) is 4.74 Å². The second-order valence-electron chi connectivity index (χ2n) is 6.20. The van der Waals surface area contributed by atoms with Crippen LogP contribution >= 0.6 is 0 Å². The van der Waals surface area contributed by atoms with Crippen LogP contribution in [0.25, 0.3) is 0 Å². The number of carbonyl (C=O) groups is 2. The molecule has 142 valence electrons. The SMILES string of the molecule is COC(=O)C(NS(=O)(=O)c1ccc2c(c1)CCN2C(C)=O)c1ccccc1. The first-order chi connectivity index (χ1) is 12.8.